The molecule has 0 N–H and O–H groups in total. The summed E-state index contributed by atoms with van der Waals surface area (Å²) in [5.41, 5.74) is 1.55. The van der Waals surface area contributed by atoms with Gasteiger partial charge < -0.3 is 4.90 Å². The van der Waals surface area contributed by atoms with Crippen molar-refractivity contribution in [1.29, 1.82) is 0 Å². The van der Waals surface area contributed by atoms with Crippen LogP contribution >= 0.6 is 0 Å². The van der Waals surface area contributed by atoms with E-state index in [9.17, 15) is 14.4 Å². The molecule has 2 aliphatic heterocycles. The molecule has 2 heterocycles. The van der Waals surface area contributed by atoms with Gasteiger partial charge in [-0.3, -0.25) is 19.4 Å². The van der Waals surface area contributed by atoms with E-state index in [1.165, 1.54) is 4.90 Å². The van der Waals surface area contributed by atoms with Gasteiger partial charge in [-0.25, -0.2) is 4.79 Å². The number of likely N-dealkylation sites (N-methyl/N-ethyl adjacent to an activating group) is 1. The van der Waals surface area contributed by atoms with Crippen LogP contribution in [0.4, 0.5) is 0 Å². The molecule has 0 aromatic heterocycles. The number of carbonyl (C=O) groups excluding carboxylic acids is 3. The minimum Gasteiger partial charge on any atom is -0.366 e. The highest BCUT2D eigenvalue weighted by molar-refractivity contribution is 6.21. The van der Waals surface area contributed by atoms with Crippen LogP contribution in [0.2, 0.25) is 0 Å². The second kappa shape index (κ2) is 5.99. The number of benzene rings is 1. The molecule has 1 aromatic rings. The van der Waals surface area contributed by atoms with Crippen molar-refractivity contribution in [2.75, 3.05) is 33.2 Å². The van der Waals surface area contributed by atoms with Crippen LogP contribution in [-0.4, -0.2) is 71.7 Å². The predicted octanol–water partition coefficient (Wildman–Crippen LogP) is 0.634. The van der Waals surface area contributed by atoms with E-state index >= 15 is 0 Å². The Balaban J connectivity index is 1.69. The fourth-order valence-corrected chi connectivity index (χ4v) is 3.22. The van der Waals surface area contributed by atoms with Crippen molar-refractivity contribution in [2.24, 2.45) is 0 Å². The number of hydrogen-bond acceptors (Lipinski definition) is 5. The van der Waals surface area contributed by atoms with Gasteiger partial charge in [0.25, 0.3) is 11.8 Å². The van der Waals surface area contributed by atoms with Gasteiger partial charge in [-0.15, -0.1) is 0 Å². The first-order valence-electron chi connectivity index (χ1n) is 7.70. The van der Waals surface area contributed by atoms with Crippen LogP contribution in [0.5, 0.6) is 0 Å². The number of piperazine rings is 1. The average molecular weight is 313 g/mol. The number of amides is 2. The first kappa shape index (κ1) is 15.5. The third kappa shape index (κ3) is 2.56. The van der Waals surface area contributed by atoms with Gasteiger partial charge in [-0.05, 0) is 19.1 Å². The number of nitrogens with zero attached hydrogens (tertiary/aromatic N) is 3. The van der Waals surface area contributed by atoms with Crippen LogP contribution in [0.1, 0.15) is 27.6 Å². The van der Waals surface area contributed by atoms with Crippen LogP contribution in [0, 0.1) is 0 Å². The molecule has 2 amide bonds. The van der Waals surface area contributed by atoms with Crippen molar-refractivity contribution in [2.45, 2.75) is 13.0 Å². The molecule has 1 unspecified atom stereocenters. The lowest BCUT2D eigenvalue weighted by Gasteiger charge is -2.39. The number of fused-ring (bicyclic) bond motifs is 1. The number of rotatable bonds is 3. The lowest BCUT2D eigenvalue weighted by molar-refractivity contribution is 0.0611. The van der Waals surface area contributed by atoms with Gasteiger partial charge in [0.1, 0.15) is 11.6 Å². The number of hydrogen-bond donors (Lipinski definition) is 0. The van der Waals surface area contributed by atoms with Crippen LogP contribution in [0.3, 0.4) is 0 Å². The second-order valence-corrected chi connectivity index (χ2v) is 5.93. The largest absolute Gasteiger partial charge is 0.366 e. The average Bonchev–Trinajstić information content (AvgIpc) is 2.79. The fraction of sp³-hybridized carbons (Fsp3) is 0.412. The molecule has 120 valence electrons. The van der Waals surface area contributed by atoms with E-state index in [1.54, 1.807) is 24.3 Å². The van der Waals surface area contributed by atoms with Gasteiger partial charge >= 0.3 is 0 Å². The van der Waals surface area contributed by atoms with E-state index in [2.05, 4.69) is 4.90 Å². The Kier molecular flexibility index (Phi) is 4.03. The molecule has 3 rings (SSSR count). The minimum atomic E-state index is -0.237. The van der Waals surface area contributed by atoms with Gasteiger partial charge in [0.15, 0.2) is 0 Å². The highest BCUT2D eigenvalue weighted by atomic mass is 16.2. The molecule has 1 atom stereocenters. The van der Waals surface area contributed by atoms with Gasteiger partial charge in [-0.2, -0.15) is 0 Å². The Hall–Kier alpha value is -2.43. The molecule has 1 saturated heterocycles. The summed E-state index contributed by atoms with van der Waals surface area (Å²) in [5, 5.41) is 0. The summed E-state index contributed by atoms with van der Waals surface area (Å²) in [5.74, 6) is 1.52. The van der Waals surface area contributed by atoms with Gasteiger partial charge in [0.05, 0.1) is 17.2 Å². The molecule has 0 spiro atoms. The molecule has 1 aromatic carbocycles. The van der Waals surface area contributed by atoms with Crippen molar-refractivity contribution < 1.29 is 14.4 Å². The van der Waals surface area contributed by atoms with E-state index in [0.29, 0.717) is 29.9 Å². The third-order valence-electron chi connectivity index (χ3n) is 4.67. The van der Waals surface area contributed by atoms with Crippen molar-refractivity contribution in [3.8, 4) is 0 Å². The Morgan fingerprint density at radius 1 is 1.09 bits per heavy atom. The van der Waals surface area contributed by atoms with E-state index < -0.39 is 0 Å². The molecule has 6 heteroatoms. The quantitative estimate of drug-likeness (QED) is 0.605. The molecular weight excluding hydrogens is 294 g/mol. The summed E-state index contributed by atoms with van der Waals surface area (Å²) >= 11 is 0. The third-order valence-corrected chi connectivity index (χ3v) is 4.67. The Morgan fingerprint density at radius 3 is 2.26 bits per heavy atom. The number of carbonyl (C=O) groups is 2. The first-order chi connectivity index (χ1) is 11.0. The van der Waals surface area contributed by atoms with Crippen LogP contribution in [-0.2, 0) is 4.79 Å². The molecule has 0 saturated carbocycles. The Bertz CT molecular complexity index is 674. The van der Waals surface area contributed by atoms with Gasteiger partial charge in [0, 0.05) is 33.2 Å². The van der Waals surface area contributed by atoms with E-state index in [0.717, 1.165) is 13.1 Å². The summed E-state index contributed by atoms with van der Waals surface area (Å²) in [7, 11) is 1.87. The zero-order valence-corrected chi connectivity index (χ0v) is 13.3. The minimum absolute atomic E-state index is 0.0681. The second-order valence-electron chi connectivity index (χ2n) is 5.93. The SMILES string of the molecule is CC1C(=C=O)N(C)CCN1CCN1C(=O)c2ccccc2C1=O. The molecular formula is C17H19N3O3. The monoisotopic (exact) mass is 313 g/mol. The maximum Gasteiger partial charge on any atom is 0.261 e. The van der Waals surface area contributed by atoms with Crippen molar-refractivity contribution in [3.63, 3.8) is 0 Å². The molecule has 6 nitrogen and oxygen atoms in total. The van der Waals surface area contributed by atoms with E-state index in [1.807, 2.05) is 24.8 Å². The summed E-state index contributed by atoms with van der Waals surface area (Å²) in [6.07, 6.45) is 0. The molecule has 0 aliphatic carbocycles. The molecule has 2 aliphatic rings. The normalized spacial score (nSPS) is 21.7. The Labute approximate surface area is 135 Å². The topological polar surface area (TPSA) is 60.9 Å². The van der Waals surface area contributed by atoms with Crippen LogP contribution < -0.4 is 0 Å². The fourth-order valence-electron chi connectivity index (χ4n) is 3.22. The lowest BCUT2D eigenvalue weighted by atomic mass is 10.1. The van der Waals surface area contributed by atoms with Crippen molar-refractivity contribution >= 4 is 17.8 Å². The smallest absolute Gasteiger partial charge is 0.261 e. The maximum atomic E-state index is 12.3. The van der Waals surface area contributed by atoms with Crippen molar-refractivity contribution in [3.05, 3.63) is 41.1 Å². The number of imide groups is 1. The summed E-state index contributed by atoms with van der Waals surface area (Å²) in [6, 6.07) is 6.82. The van der Waals surface area contributed by atoms with Gasteiger partial charge in [-0.1, -0.05) is 12.1 Å². The first-order valence-corrected chi connectivity index (χ1v) is 7.70. The molecule has 1 fully saturated rings. The van der Waals surface area contributed by atoms with Gasteiger partial charge in [0.2, 0.25) is 0 Å². The van der Waals surface area contributed by atoms with Crippen LogP contribution in [0.25, 0.3) is 0 Å². The zero-order chi connectivity index (χ0) is 16.6. The highest BCUT2D eigenvalue weighted by Crippen LogP contribution is 2.23. The summed E-state index contributed by atoms with van der Waals surface area (Å²) in [6.45, 7) is 4.33. The predicted molar refractivity (Wildman–Crippen MR) is 84.7 cm³/mol. The zero-order valence-electron chi connectivity index (χ0n) is 13.3. The maximum absolute atomic E-state index is 12.3. The highest BCUT2D eigenvalue weighted by Gasteiger charge is 2.36. The van der Waals surface area contributed by atoms with E-state index in [4.69, 9.17) is 0 Å². The van der Waals surface area contributed by atoms with Crippen molar-refractivity contribution in [1.82, 2.24) is 14.7 Å². The lowest BCUT2D eigenvalue weighted by Crippen LogP contribution is -2.51. The van der Waals surface area contributed by atoms with E-state index in [-0.39, 0.29) is 17.9 Å². The molecule has 0 bridgehead atoms. The standard InChI is InChI=1S/C17H19N3O3/c1-12-15(11-21)18(2)7-8-19(12)9-10-20-16(22)13-5-3-4-6-14(13)17(20)23/h3-6,12H,7-10H2,1-2H3. The summed E-state index contributed by atoms with van der Waals surface area (Å²) in [4.78, 5) is 41.1. The summed E-state index contributed by atoms with van der Waals surface area (Å²) < 4.78 is 0. The molecule has 0 radical (unpaired) electrons. The van der Waals surface area contributed by atoms with Crippen LogP contribution in [0.15, 0.2) is 30.0 Å². The molecule has 23 heavy (non-hydrogen) atoms. The Morgan fingerprint density at radius 2 is 1.70 bits per heavy atom.